The molecule has 0 N–H and O–H groups in total. The van der Waals surface area contributed by atoms with Gasteiger partial charge in [0.2, 0.25) is 0 Å². The molecule has 0 spiro atoms. The molecule has 3 rings (SSSR count). The summed E-state index contributed by atoms with van der Waals surface area (Å²) in [7, 11) is 0. The third kappa shape index (κ3) is 3.31. The summed E-state index contributed by atoms with van der Waals surface area (Å²) >= 11 is 0. The molecule has 0 atom stereocenters. The van der Waals surface area contributed by atoms with Crippen molar-refractivity contribution in [2.24, 2.45) is 0 Å². The smallest absolute Gasteiger partial charge is 0.0467 e. The maximum Gasteiger partial charge on any atom is 0.0467 e. The lowest BCUT2D eigenvalue weighted by molar-refractivity contribution is 1.20. The third-order valence-electron chi connectivity index (χ3n) is 3.96. The largest absolute Gasteiger partial charge is 0.311 e. The van der Waals surface area contributed by atoms with Crippen molar-refractivity contribution in [2.45, 2.75) is 6.92 Å². The second kappa shape index (κ2) is 7.47. The van der Waals surface area contributed by atoms with Gasteiger partial charge in [-0.1, -0.05) is 73.3 Å². The van der Waals surface area contributed by atoms with E-state index in [1.807, 2.05) is 12.1 Å². The Kier molecular flexibility index (Phi) is 4.93. The van der Waals surface area contributed by atoms with Gasteiger partial charge in [0.05, 0.1) is 0 Å². The van der Waals surface area contributed by atoms with Gasteiger partial charge in [0.15, 0.2) is 0 Å². The van der Waals surface area contributed by atoms with Crippen LogP contribution < -0.4 is 4.90 Å². The highest BCUT2D eigenvalue weighted by Crippen LogP contribution is 2.32. The highest BCUT2D eigenvalue weighted by atomic mass is 15.1. The van der Waals surface area contributed by atoms with Crippen LogP contribution in [0.1, 0.15) is 6.92 Å². The van der Waals surface area contributed by atoms with Crippen molar-refractivity contribution in [3.8, 4) is 0 Å². The van der Waals surface area contributed by atoms with E-state index in [0.29, 0.717) is 0 Å². The van der Waals surface area contributed by atoms with Crippen molar-refractivity contribution in [3.63, 3.8) is 0 Å². The summed E-state index contributed by atoms with van der Waals surface area (Å²) in [6, 6.07) is 25.4. The van der Waals surface area contributed by atoms with Crippen molar-refractivity contribution >= 4 is 22.1 Å². The maximum absolute atomic E-state index is 3.78. The second-order valence-electron chi connectivity index (χ2n) is 5.51. The third-order valence-corrected chi connectivity index (χ3v) is 3.96. The first-order chi connectivity index (χ1) is 11.8. The van der Waals surface area contributed by atoms with E-state index in [1.54, 1.807) is 6.08 Å². The number of benzene rings is 3. The normalized spacial score (nSPS) is 11.8. The van der Waals surface area contributed by atoms with Crippen molar-refractivity contribution in [1.29, 1.82) is 0 Å². The number of rotatable bonds is 5. The summed E-state index contributed by atoms with van der Waals surface area (Å²) in [6.07, 6.45) is 7.96. The van der Waals surface area contributed by atoms with Crippen LogP contribution in [0.25, 0.3) is 10.8 Å². The average Bonchev–Trinajstić information content (AvgIpc) is 2.65. The van der Waals surface area contributed by atoms with Gasteiger partial charge in [-0.25, -0.2) is 0 Å². The number of fused-ring (bicyclic) bond motifs is 1. The van der Waals surface area contributed by atoms with Crippen molar-refractivity contribution in [1.82, 2.24) is 0 Å². The lowest BCUT2D eigenvalue weighted by Crippen LogP contribution is -2.14. The van der Waals surface area contributed by atoms with Crippen molar-refractivity contribution in [2.75, 3.05) is 4.90 Å². The van der Waals surface area contributed by atoms with Gasteiger partial charge in [0, 0.05) is 17.1 Å². The molecule has 0 amide bonds. The molecule has 0 aliphatic rings. The van der Waals surface area contributed by atoms with Crippen LogP contribution in [-0.2, 0) is 0 Å². The monoisotopic (exact) mass is 311 g/mol. The predicted octanol–water partition coefficient (Wildman–Crippen LogP) is 6.62. The molecule has 118 valence electrons. The predicted molar refractivity (Wildman–Crippen MR) is 106 cm³/mol. The Morgan fingerprint density at radius 3 is 2.25 bits per heavy atom. The SMILES string of the molecule is C=C/C=C\C(=C/C)N(c1ccccc1)c1ccc2ccccc2c1. The molecule has 1 heteroatoms. The lowest BCUT2D eigenvalue weighted by atomic mass is 10.1. The molecule has 0 saturated heterocycles. The molecule has 0 saturated carbocycles. The van der Waals surface area contributed by atoms with Gasteiger partial charge in [-0.2, -0.15) is 0 Å². The number of anilines is 2. The molecule has 0 fully saturated rings. The van der Waals surface area contributed by atoms with Crippen LogP contribution in [-0.4, -0.2) is 0 Å². The molecule has 1 nitrogen and oxygen atoms in total. The topological polar surface area (TPSA) is 3.24 Å². The van der Waals surface area contributed by atoms with Gasteiger partial charge in [0.1, 0.15) is 0 Å². The zero-order valence-corrected chi connectivity index (χ0v) is 13.9. The van der Waals surface area contributed by atoms with Gasteiger partial charge in [-0.3, -0.25) is 0 Å². The molecule has 0 aliphatic carbocycles. The van der Waals surface area contributed by atoms with Crippen LogP contribution in [0.3, 0.4) is 0 Å². The van der Waals surface area contributed by atoms with Crippen LogP contribution in [0.15, 0.2) is 109 Å². The summed E-state index contributed by atoms with van der Waals surface area (Å²) in [5, 5.41) is 2.48. The molecular weight excluding hydrogens is 290 g/mol. The van der Waals surface area contributed by atoms with Crippen LogP contribution in [0.5, 0.6) is 0 Å². The molecule has 0 aliphatic heterocycles. The molecule has 3 aromatic rings. The number of hydrogen-bond acceptors (Lipinski definition) is 1. The number of nitrogens with zero attached hydrogens (tertiary/aromatic N) is 1. The minimum atomic E-state index is 1.11. The van der Waals surface area contributed by atoms with E-state index in [9.17, 15) is 0 Å². The van der Waals surface area contributed by atoms with E-state index in [2.05, 4.69) is 97.3 Å². The van der Waals surface area contributed by atoms with E-state index in [0.717, 1.165) is 17.1 Å². The van der Waals surface area contributed by atoms with E-state index >= 15 is 0 Å². The molecule has 0 bridgehead atoms. The summed E-state index contributed by atoms with van der Waals surface area (Å²) in [4.78, 5) is 2.26. The van der Waals surface area contributed by atoms with Crippen molar-refractivity contribution < 1.29 is 0 Å². The zero-order chi connectivity index (χ0) is 16.8. The fourth-order valence-electron chi connectivity index (χ4n) is 2.81. The van der Waals surface area contributed by atoms with Gasteiger partial charge in [0.25, 0.3) is 0 Å². The quantitative estimate of drug-likeness (QED) is 0.478. The molecular formula is C23H21N. The second-order valence-corrected chi connectivity index (χ2v) is 5.51. The van der Waals surface area contributed by atoms with E-state index in [-0.39, 0.29) is 0 Å². The zero-order valence-electron chi connectivity index (χ0n) is 13.9. The Hall–Kier alpha value is -3.06. The fourth-order valence-corrected chi connectivity index (χ4v) is 2.81. The number of para-hydroxylation sites is 1. The summed E-state index contributed by atoms with van der Waals surface area (Å²) < 4.78 is 0. The highest BCUT2D eigenvalue weighted by molar-refractivity contribution is 5.87. The van der Waals surface area contributed by atoms with Crippen molar-refractivity contribution in [3.05, 3.63) is 109 Å². The Bertz CT molecular complexity index is 888. The van der Waals surface area contributed by atoms with E-state index in [1.165, 1.54) is 10.8 Å². The Morgan fingerprint density at radius 1 is 0.833 bits per heavy atom. The van der Waals surface area contributed by atoms with Crippen LogP contribution >= 0.6 is 0 Å². The first-order valence-corrected chi connectivity index (χ1v) is 8.13. The van der Waals surface area contributed by atoms with Crippen LogP contribution in [0, 0.1) is 0 Å². The number of allylic oxidation sites excluding steroid dienone is 4. The summed E-state index contributed by atoms with van der Waals surface area (Å²) in [5.74, 6) is 0. The van der Waals surface area contributed by atoms with Crippen LogP contribution in [0.2, 0.25) is 0 Å². The van der Waals surface area contributed by atoms with Gasteiger partial charge in [-0.15, -0.1) is 0 Å². The summed E-state index contributed by atoms with van der Waals surface area (Å²) in [6.45, 7) is 5.84. The molecule has 0 radical (unpaired) electrons. The molecule has 0 heterocycles. The Balaban J connectivity index is 2.15. The minimum Gasteiger partial charge on any atom is -0.311 e. The molecule has 3 aromatic carbocycles. The Labute approximate surface area is 143 Å². The lowest BCUT2D eigenvalue weighted by Gasteiger charge is -2.26. The Morgan fingerprint density at radius 2 is 1.54 bits per heavy atom. The van der Waals surface area contributed by atoms with E-state index in [4.69, 9.17) is 0 Å². The fraction of sp³-hybridized carbons (Fsp3) is 0.0435. The molecule has 0 unspecified atom stereocenters. The first-order valence-electron chi connectivity index (χ1n) is 8.13. The van der Waals surface area contributed by atoms with Gasteiger partial charge in [-0.05, 0) is 48.0 Å². The highest BCUT2D eigenvalue weighted by Gasteiger charge is 2.12. The van der Waals surface area contributed by atoms with Gasteiger partial charge < -0.3 is 4.90 Å². The molecule has 24 heavy (non-hydrogen) atoms. The average molecular weight is 311 g/mol. The van der Waals surface area contributed by atoms with Gasteiger partial charge >= 0.3 is 0 Å². The first kappa shape index (κ1) is 15.8. The standard InChI is InChI=1S/C23H21N/c1-3-5-13-21(4-2)24(22-14-7-6-8-15-22)23-17-16-19-11-9-10-12-20(19)18-23/h3-18H,1H2,2H3/b13-5-,21-4+. The van der Waals surface area contributed by atoms with E-state index < -0.39 is 0 Å². The number of hydrogen-bond donors (Lipinski definition) is 0. The minimum absolute atomic E-state index is 1.11. The molecule has 0 aromatic heterocycles. The van der Waals surface area contributed by atoms with Crippen LogP contribution in [0.4, 0.5) is 11.4 Å². The maximum atomic E-state index is 3.78. The summed E-state index contributed by atoms with van der Waals surface area (Å²) in [5.41, 5.74) is 3.38.